The van der Waals surface area contributed by atoms with Gasteiger partial charge in [-0.3, -0.25) is 9.78 Å². The molecular weight excluding hydrogens is 839 g/mol. The van der Waals surface area contributed by atoms with Gasteiger partial charge in [0.1, 0.15) is 31.0 Å². The van der Waals surface area contributed by atoms with Crippen molar-refractivity contribution >= 4 is 41.1 Å². The number of pyridine rings is 1. The van der Waals surface area contributed by atoms with Crippen molar-refractivity contribution in [1.82, 2.24) is 20.5 Å². The van der Waals surface area contributed by atoms with Gasteiger partial charge in [-0.05, 0) is 113 Å². The number of fused-ring (bicyclic) bond motifs is 2. The number of amides is 3. The second-order valence-corrected chi connectivity index (χ2v) is 16.7. The lowest BCUT2D eigenvalue weighted by atomic mass is 9.92. The Balaban J connectivity index is 0.987. The van der Waals surface area contributed by atoms with Crippen LogP contribution in [0.1, 0.15) is 63.7 Å². The van der Waals surface area contributed by atoms with Gasteiger partial charge in [0, 0.05) is 31.3 Å². The van der Waals surface area contributed by atoms with Gasteiger partial charge in [-0.2, -0.15) is 0 Å². The number of aromatic nitrogens is 1. The van der Waals surface area contributed by atoms with Crippen LogP contribution in [0, 0.1) is 13.8 Å². The molecule has 3 N–H and O–H groups in total. The fraction of sp³-hybridized carbons (Fsp3) is 0.240. The van der Waals surface area contributed by atoms with Gasteiger partial charge in [-0.15, -0.1) is 0 Å². The van der Waals surface area contributed by atoms with Crippen LogP contribution < -0.4 is 24.8 Å². The molecule has 0 aliphatic carbocycles. The molecule has 3 amide bonds. The van der Waals surface area contributed by atoms with Crippen LogP contribution in [-0.4, -0.2) is 51.6 Å². The van der Waals surface area contributed by atoms with Crippen LogP contribution in [0.25, 0.3) is 11.1 Å². The Kier molecular flexibility index (Phi) is 12.9. The largest absolute Gasteiger partial charge is 0.489 e. The molecule has 322 valence electrons. The van der Waals surface area contributed by atoms with Crippen molar-refractivity contribution in [2.45, 2.75) is 71.0 Å². The molecule has 1 aromatic heterocycles. The van der Waals surface area contributed by atoms with E-state index in [0.717, 1.165) is 55.8 Å². The van der Waals surface area contributed by atoms with Crippen LogP contribution in [0.4, 0.5) is 4.79 Å². The second-order valence-electron chi connectivity index (χ2n) is 15.9. The van der Waals surface area contributed by atoms with Gasteiger partial charge in [0.25, 0.3) is 0 Å². The van der Waals surface area contributed by atoms with Gasteiger partial charge in [-0.25, -0.2) is 9.59 Å². The van der Waals surface area contributed by atoms with E-state index in [1.54, 1.807) is 18.3 Å². The van der Waals surface area contributed by atoms with Crippen LogP contribution in [-0.2, 0) is 35.6 Å². The Morgan fingerprint density at radius 3 is 2.32 bits per heavy atom. The van der Waals surface area contributed by atoms with Crippen molar-refractivity contribution in [3.05, 3.63) is 176 Å². The standard InChI is InChI=1S/C50H46Cl2N4O7/c1-29-30(2)53-20-19-40(29)35-12-9-32(10-13-35)22-43(49(58)59)55-48(57)44-23-37-24-45-46(25-38(37)26-56(44)50(60)54-31(3)34-7-5-4-6-8-34)63-47(28-62-45)36-14-16-39(17-15-36)61-27-33-11-18-41(51)42(52)21-33/h4-21,24-25,31,43-44,47H,22-23,26-28H2,1-3H3,(H,54,60)(H,55,57)(H,58,59)/t31-,43+,44+,47-/m1/s1. The van der Waals surface area contributed by atoms with Crippen molar-refractivity contribution in [2.75, 3.05) is 6.61 Å². The first-order valence-corrected chi connectivity index (χ1v) is 21.4. The van der Waals surface area contributed by atoms with E-state index in [9.17, 15) is 19.5 Å². The summed E-state index contributed by atoms with van der Waals surface area (Å²) in [5.41, 5.74) is 9.01. The topological polar surface area (TPSA) is 139 Å². The van der Waals surface area contributed by atoms with E-state index >= 15 is 0 Å². The van der Waals surface area contributed by atoms with E-state index in [1.807, 2.05) is 124 Å². The summed E-state index contributed by atoms with van der Waals surface area (Å²) in [6, 6.07) is 32.7. The molecule has 4 atom stereocenters. The number of nitrogens with zero attached hydrogens (tertiary/aromatic N) is 2. The van der Waals surface area contributed by atoms with Crippen molar-refractivity contribution in [3.63, 3.8) is 0 Å². The number of aliphatic carboxylic acids is 1. The Hall–Kier alpha value is -6.56. The van der Waals surface area contributed by atoms with Crippen molar-refractivity contribution in [3.8, 4) is 28.4 Å². The summed E-state index contributed by atoms with van der Waals surface area (Å²) in [7, 11) is 0. The number of urea groups is 1. The highest BCUT2D eigenvalue weighted by atomic mass is 35.5. The lowest BCUT2D eigenvalue weighted by Crippen LogP contribution is -2.57. The number of carboxylic acid groups (broad SMARTS) is 1. The first-order valence-electron chi connectivity index (χ1n) is 20.7. The van der Waals surface area contributed by atoms with E-state index in [1.165, 1.54) is 4.90 Å². The molecule has 0 saturated carbocycles. The Morgan fingerprint density at radius 2 is 1.59 bits per heavy atom. The van der Waals surface area contributed by atoms with E-state index in [0.29, 0.717) is 33.9 Å². The molecule has 13 heteroatoms. The minimum atomic E-state index is -1.25. The summed E-state index contributed by atoms with van der Waals surface area (Å²) >= 11 is 12.2. The third-order valence-electron chi connectivity index (χ3n) is 11.7. The van der Waals surface area contributed by atoms with Crippen molar-refractivity contribution in [1.29, 1.82) is 0 Å². The van der Waals surface area contributed by atoms with Crippen LogP contribution in [0.15, 0.2) is 121 Å². The molecule has 5 aromatic carbocycles. The van der Waals surface area contributed by atoms with E-state index in [2.05, 4.69) is 15.6 Å². The van der Waals surface area contributed by atoms with Gasteiger partial charge in [0.05, 0.1) is 16.1 Å². The molecule has 0 unspecified atom stereocenters. The average molecular weight is 886 g/mol. The molecule has 6 aromatic rings. The van der Waals surface area contributed by atoms with Crippen molar-refractivity contribution in [2.24, 2.45) is 0 Å². The summed E-state index contributed by atoms with van der Waals surface area (Å²) in [4.78, 5) is 46.9. The first kappa shape index (κ1) is 43.1. The highest BCUT2D eigenvalue weighted by Crippen LogP contribution is 2.41. The van der Waals surface area contributed by atoms with Gasteiger partial charge in [-0.1, -0.05) is 96.0 Å². The van der Waals surface area contributed by atoms with Gasteiger partial charge in [0.15, 0.2) is 17.6 Å². The third kappa shape index (κ3) is 9.90. The number of carboxylic acids is 1. The summed E-state index contributed by atoms with van der Waals surface area (Å²) < 4.78 is 18.7. The quantitative estimate of drug-likeness (QED) is 0.110. The van der Waals surface area contributed by atoms with Crippen LogP contribution in [0.3, 0.4) is 0 Å². The third-order valence-corrected chi connectivity index (χ3v) is 12.4. The molecule has 11 nitrogen and oxygen atoms in total. The maximum Gasteiger partial charge on any atom is 0.326 e. The number of hydrogen-bond acceptors (Lipinski definition) is 7. The number of aryl methyl sites for hydroxylation is 1. The second kappa shape index (κ2) is 18.8. The minimum absolute atomic E-state index is 0.0462. The molecule has 0 saturated heterocycles. The molecule has 0 fully saturated rings. The van der Waals surface area contributed by atoms with Crippen LogP contribution >= 0.6 is 23.2 Å². The molecule has 0 bridgehead atoms. The zero-order valence-corrected chi connectivity index (χ0v) is 36.5. The number of carbonyl (C=O) groups is 3. The first-order chi connectivity index (χ1) is 30.4. The Morgan fingerprint density at radius 1 is 0.857 bits per heavy atom. The molecule has 3 heterocycles. The molecule has 63 heavy (non-hydrogen) atoms. The predicted molar refractivity (Wildman–Crippen MR) is 241 cm³/mol. The summed E-state index contributed by atoms with van der Waals surface area (Å²) in [6.45, 7) is 6.48. The Bertz CT molecular complexity index is 2640. The lowest BCUT2D eigenvalue weighted by molar-refractivity contribution is -0.142. The minimum Gasteiger partial charge on any atom is -0.489 e. The fourth-order valence-electron chi connectivity index (χ4n) is 7.91. The molecule has 0 radical (unpaired) electrons. The number of nitrogens with one attached hydrogen (secondary N) is 2. The molecule has 8 rings (SSSR count). The normalized spacial score (nSPS) is 16.3. The zero-order valence-electron chi connectivity index (χ0n) is 34.9. The number of ether oxygens (including phenoxy) is 3. The van der Waals surface area contributed by atoms with E-state index in [4.69, 9.17) is 37.4 Å². The van der Waals surface area contributed by atoms with E-state index in [-0.39, 0.29) is 32.0 Å². The lowest BCUT2D eigenvalue weighted by Gasteiger charge is -2.38. The number of rotatable bonds is 12. The Labute approximate surface area is 375 Å². The number of halogens is 2. The van der Waals surface area contributed by atoms with Gasteiger partial charge in [0.2, 0.25) is 5.91 Å². The van der Waals surface area contributed by atoms with Crippen LogP contribution in [0.5, 0.6) is 17.2 Å². The smallest absolute Gasteiger partial charge is 0.326 e. The zero-order chi connectivity index (χ0) is 44.2. The monoisotopic (exact) mass is 884 g/mol. The van der Waals surface area contributed by atoms with Crippen molar-refractivity contribution < 1.29 is 33.7 Å². The highest BCUT2D eigenvalue weighted by Gasteiger charge is 2.38. The molecule has 2 aliphatic rings. The van der Waals surface area contributed by atoms with Gasteiger partial charge >= 0.3 is 12.0 Å². The molecule has 0 spiro atoms. The fourth-order valence-corrected chi connectivity index (χ4v) is 8.23. The highest BCUT2D eigenvalue weighted by molar-refractivity contribution is 6.42. The average Bonchev–Trinajstić information content (AvgIpc) is 3.29. The summed E-state index contributed by atoms with van der Waals surface area (Å²) in [5.74, 6) is -0.0562. The number of hydrogen-bond donors (Lipinski definition) is 3. The number of carbonyl (C=O) groups excluding carboxylic acids is 2. The SMILES string of the molecule is Cc1nccc(-c2ccc(C[C@H](NC(=O)[C@@H]3Cc4cc5c(cc4CN3C(=O)N[C@H](C)c3ccccc3)O[C@@H](c3ccc(OCc4ccc(Cl)c(Cl)c4)cc3)CO5)C(=O)O)cc2)c1C. The number of benzene rings is 5. The maximum atomic E-state index is 14.3. The maximum absolute atomic E-state index is 14.3. The van der Waals surface area contributed by atoms with Crippen LogP contribution in [0.2, 0.25) is 10.0 Å². The van der Waals surface area contributed by atoms with E-state index < -0.39 is 36.1 Å². The molecule has 2 aliphatic heterocycles. The summed E-state index contributed by atoms with van der Waals surface area (Å²) in [5, 5.41) is 17.1. The van der Waals surface area contributed by atoms with Gasteiger partial charge < -0.3 is 34.9 Å². The molecular formula is C50H46Cl2N4O7. The summed E-state index contributed by atoms with van der Waals surface area (Å²) in [6.07, 6.45) is 1.53. The predicted octanol–water partition coefficient (Wildman–Crippen LogP) is 9.77.